The topological polar surface area (TPSA) is 69.4 Å². The maximum absolute atomic E-state index is 5.85. The normalized spacial score (nSPS) is 10.9. The predicted octanol–water partition coefficient (Wildman–Crippen LogP) is 2.55. The van der Waals surface area contributed by atoms with Gasteiger partial charge in [-0.2, -0.15) is 4.98 Å². The number of ether oxygens (including phenoxy) is 2. The van der Waals surface area contributed by atoms with Gasteiger partial charge in [-0.1, -0.05) is 31.1 Å². The van der Waals surface area contributed by atoms with Gasteiger partial charge in [0.1, 0.15) is 0 Å². The van der Waals surface area contributed by atoms with E-state index in [4.69, 9.17) is 14.0 Å². The van der Waals surface area contributed by atoms with Crippen molar-refractivity contribution in [3.05, 3.63) is 36.0 Å². The molecule has 0 amide bonds. The number of hydrogen-bond donors (Lipinski definition) is 1. The van der Waals surface area contributed by atoms with Gasteiger partial charge in [0.2, 0.25) is 12.2 Å². The van der Waals surface area contributed by atoms with Gasteiger partial charge in [0.05, 0.1) is 6.61 Å². The molecular weight excluding hydrogens is 270 g/mol. The maximum atomic E-state index is 5.85. The molecule has 21 heavy (non-hydrogen) atoms. The summed E-state index contributed by atoms with van der Waals surface area (Å²) in [7, 11) is 0. The van der Waals surface area contributed by atoms with Gasteiger partial charge in [-0.05, 0) is 13.0 Å². The van der Waals surface area contributed by atoms with Crippen molar-refractivity contribution in [2.75, 3.05) is 6.61 Å². The molecule has 0 atom stereocenters. The zero-order valence-corrected chi connectivity index (χ0v) is 12.6. The number of benzene rings is 1. The van der Waals surface area contributed by atoms with Crippen LogP contribution in [-0.2, 0) is 13.2 Å². The summed E-state index contributed by atoms with van der Waals surface area (Å²) in [6.07, 6.45) is 1.29. The third kappa shape index (κ3) is 4.46. The highest BCUT2D eigenvalue weighted by Gasteiger charge is 2.12. The molecule has 0 aliphatic heterocycles. The quantitative estimate of drug-likeness (QED) is 0.806. The maximum Gasteiger partial charge on any atom is 0.213 e. The average Bonchev–Trinajstić information content (AvgIpc) is 2.97. The van der Waals surface area contributed by atoms with E-state index in [1.165, 1.54) is 6.39 Å². The molecule has 114 valence electrons. The van der Waals surface area contributed by atoms with Crippen LogP contribution in [0.3, 0.4) is 0 Å². The van der Waals surface area contributed by atoms with Crippen LogP contribution in [0.4, 0.5) is 0 Å². The molecule has 0 fully saturated rings. The smallest absolute Gasteiger partial charge is 0.213 e. The van der Waals surface area contributed by atoms with E-state index in [-0.39, 0.29) is 6.61 Å². The van der Waals surface area contributed by atoms with Crippen LogP contribution in [0.25, 0.3) is 0 Å². The van der Waals surface area contributed by atoms with Crippen molar-refractivity contribution in [2.45, 2.75) is 40.0 Å². The number of hydrogen-bond acceptors (Lipinski definition) is 6. The van der Waals surface area contributed by atoms with Crippen molar-refractivity contribution in [3.63, 3.8) is 0 Å². The first-order valence-electron chi connectivity index (χ1n) is 7.06. The summed E-state index contributed by atoms with van der Waals surface area (Å²) < 4.78 is 16.2. The average molecular weight is 291 g/mol. The lowest BCUT2D eigenvalue weighted by Gasteiger charge is -2.16. The van der Waals surface area contributed by atoms with Gasteiger partial charge >= 0.3 is 0 Å². The highest BCUT2D eigenvalue weighted by molar-refractivity contribution is 5.46. The minimum absolute atomic E-state index is 0.245. The molecule has 0 aliphatic rings. The Bertz CT molecular complexity index is 541. The van der Waals surface area contributed by atoms with E-state index >= 15 is 0 Å². The van der Waals surface area contributed by atoms with E-state index in [0.717, 1.165) is 17.1 Å². The monoisotopic (exact) mass is 291 g/mol. The van der Waals surface area contributed by atoms with Gasteiger partial charge in [-0.15, -0.1) is 0 Å². The molecule has 0 saturated carbocycles. The molecule has 0 unspecified atom stereocenters. The molecule has 1 heterocycles. The van der Waals surface area contributed by atoms with Crippen LogP contribution in [0.5, 0.6) is 11.5 Å². The lowest BCUT2D eigenvalue weighted by molar-refractivity contribution is 0.255. The molecule has 0 spiro atoms. The van der Waals surface area contributed by atoms with Crippen molar-refractivity contribution in [3.8, 4) is 11.5 Å². The zero-order chi connectivity index (χ0) is 15.1. The molecule has 0 aliphatic carbocycles. The summed E-state index contributed by atoms with van der Waals surface area (Å²) in [5, 5.41) is 7.12. The highest BCUT2D eigenvalue weighted by Crippen LogP contribution is 2.32. The first-order valence-corrected chi connectivity index (χ1v) is 7.06. The van der Waals surface area contributed by atoms with Crippen molar-refractivity contribution >= 4 is 0 Å². The van der Waals surface area contributed by atoms with E-state index < -0.39 is 0 Å². The van der Waals surface area contributed by atoms with E-state index in [1.54, 1.807) is 0 Å². The Morgan fingerprint density at radius 1 is 1.29 bits per heavy atom. The Morgan fingerprint density at radius 2 is 2.14 bits per heavy atom. The lowest BCUT2D eigenvalue weighted by Crippen LogP contribution is -2.22. The van der Waals surface area contributed by atoms with Gasteiger partial charge in [0.15, 0.2) is 18.1 Å². The first kappa shape index (κ1) is 15.3. The van der Waals surface area contributed by atoms with Gasteiger partial charge in [-0.3, -0.25) is 0 Å². The molecule has 1 aromatic carbocycles. The lowest BCUT2D eigenvalue weighted by atomic mass is 10.1. The molecule has 2 aromatic rings. The van der Waals surface area contributed by atoms with Gasteiger partial charge in [0.25, 0.3) is 0 Å². The largest absolute Gasteiger partial charge is 0.490 e. The first-order chi connectivity index (χ1) is 10.2. The fourth-order valence-electron chi connectivity index (χ4n) is 1.84. The van der Waals surface area contributed by atoms with E-state index in [1.807, 2.05) is 25.1 Å². The Hall–Kier alpha value is -2.08. The predicted molar refractivity (Wildman–Crippen MR) is 78.2 cm³/mol. The number of aromatic nitrogens is 2. The second-order valence-electron chi connectivity index (χ2n) is 4.85. The Kier molecular flexibility index (Phi) is 5.57. The van der Waals surface area contributed by atoms with Crippen LogP contribution >= 0.6 is 0 Å². The van der Waals surface area contributed by atoms with Crippen LogP contribution < -0.4 is 14.8 Å². The minimum Gasteiger partial charge on any atom is -0.490 e. The third-order valence-electron chi connectivity index (χ3n) is 2.81. The third-order valence-corrected chi connectivity index (χ3v) is 2.81. The van der Waals surface area contributed by atoms with Crippen molar-refractivity contribution < 1.29 is 14.0 Å². The summed E-state index contributed by atoms with van der Waals surface area (Å²) in [5.74, 6) is 1.95. The molecule has 6 heteroatoms. The summed E-state index contributed by atoms with van der Waals surface area (Å²) in [6, 6.07) is 6.27. The van der Waals surface area contributed by atoms with E-state index in [2.05, 4.69) is 29.3 Å². The molecule has 0 radical (unpaired) electrons. The van der Waals surface area contributed by atoms with Gasteiger partial charge in [0, 0.05) is 18.2 Å². The van der Waals surface area contributed by atoms with Crippen molar-refractivity contribution in [1.82, 2.24) is 15.5 Å². The molecule has 6 nitrogen and oxygen atoms in total. The fourth-order valence-corrected chi connectivity index (χ4v) is 1.84. The van der Waals surface area contributed by atoms with Crippen molar-refractivity contribution in [2.24, 2.45) is 0 Å². The van der Waals surface area contributed by atoms with Crippen LogP contribution in [0.1, 0.15) is 32.2 Å². The second-order valence-corrected chi connectivity index (χ2v) is 4.85. The van der Waals surface area contributed by atoms with E-state index in [0.29, 0.717) is 25.0 Å². The van der Waals surface area contributed by atoms with Crippen LogP contribution in [0.15, 0.2) is 29.1 Å². The molecule has 0 saturated heterocycles. The second kappa shape index (κ2) is 7.64. The number of rotatable bonds is 8. The van der Waals surface area contributed by atoms with E-state index in [9.17, 15) is 0 Å². The van der Waals surface area contributed by atoms with Crippen LogP contribution in [0.2, 0.25) is 0 Å². The Labute approximate surface area is 124 Å². The summed E-state index contributed by atoms with van der Waals surface area (Å²) in [4.78, 5) is 3.95. The zero-order valence-electron chi connectivity index (χ0n) is 12.6. The molecule has 1 aromatic heterocycles. The number of nitrogens with zero attached hydrogens (tertiary/aromatic N) is 2. The summed E-state index contributed by atoms with van der Waals surface area (Å²) >= 11 is 0. The SMILES string of the molecule is CCOc1cccc(CNC(C)C)c1OCc1ncon1. The van der Waals surface area contributed by atoms with Gasteiger partial charge in [-0.25, -0.2) is 0 Å². The van der Waals surface area contributed by atoms with Crippen LogP contribution in [0, 0.1) is 0 Å². The Morgan fingerprint density at radius 3 is 2.81 bits per heavy atom. The number of para-hydroxylation sites is 1. The molecule has 0 bridgehead atoms. The van der Waals surface area contributed by atoms with Crippen LogP contribution in [-0.4, -0.2) is 22.8 Å². The Balaban J connectivity index is 2.16. The molecule has 2 rings (SSSR count). The highest BCUT2D eigenvalue weighted by atomic mass is 16.5. The van der Waals surface area contributed by atoms with Crippen molar-refractivity contribution in [1.29, 1.82) is 0 Å². The standard InChI is InChI=1S/C15H21N3O3/c1-4-19-13-7-5-6-12(8-16-11(2)3)15(13)20-9-14-17-10-21-18-14/h5-7,10-11,16H,4,8-9H2,1-3H3. The summed E-state index contributed by atoms with van der Waals surface area (Å²) in [6.45, 7) is 7.69. The fraction of sp³-hybridized carbons (Fsp3) is 0.467. The summed E-state index contributed by atoms with van der Waals surface area (Å²) in [5.41, 5.74) is 1.04. The van der Waals surface area contributed by atoms with Gasteiger partial charge < -0.3 is 19.3 Å². The molecular formula is C15H21N3O3. The molecule has 1 N–H and O–H groups in total. The minimum atomic E-state index is 0.245. The number of nitrogens with one attached hydrogen (secondary N) is 1.